The van der Waals surface area contributed by atoms with Crippen LogP contribution in [-0.2, 0) is 9.57 Å². The molecule has 2 N–H and O–H groups in total. The molecular formula is C8H22N2O2. The Morgan fingerprint density at radius 1 is 1.17 bits per heavy atom. The molecule has 0 aliphatic rings. The van der Waals surface area contributed by atoms with Crippen LogP contribution in [0.4, 0.5) is 0 Å². The molecule has 0 unspecified atom stereocenters. The molecule has 0 spiro atoms. The van der Waals surface area contributed by atoms with Crippen molar-refractivity contribution in [2.24, 2.45) is 5.90 Å². The molecule has 4 nitrogen and oxygen atoms in total. The molecule has 0 atom stereocenters. The van der Waals surface area contributed by atoms with Gasteiger partial charge in [-0.2, -0.15) is 0 Å². The maximum atomic E-state index is 4.88. The largest absolute Gasteiger partial charge is 0.383 e. The van der Waals surface area contributed by atoms with Crippen LogP contribution >= 0.6 is 0 Å². The molecule has 0 saturated carbocycles. The predicted molar refractivity (Wildman–Crippen MR) is 50.9 cm³/mol. The number of likely N-dealkylation sites (N-methyl/N-ethyl adjacent to an activating group) is 1. The summed E-state index contributed by atoms with van der Waals surface area (Å²) in [5, 5.41) is 0. The van der Waals surface area contributed by atoms with Crippen molar-refractivity contribution in [3.63, 3.8) is 0 Å². The van der Waals surface area contributed by atoms with E-state index in [1.165, 1.54) is 0 Å². The van der Waals surface area contributed by atoms with Crippen molar-refractivity contribution >= 4 is 0 Å². The third-order valence-corrected chi connectivity index (χ3v) is 1.27. The van der Waals surface area contributed by atoms with Crippen molar-refractivity contribution in [1.82, 2.24) is 4.90 Å². The smallest absolute Gasteiger partial charge is 0.0806 e. The molecule has 0 radical (unpaired) electrons. The van der Waals surface area contributed by atoms with Crippen LogP contribution in [0.5, 0.6) is 0 Å². The Labute approximate surface area is 75.6 Å². The number of rotatable bonds is 6. The average molecular weight is 178 g/mol. The maximum absolute atomic E-state index is 4.88. The number of methoxy groups -OCH3 is 1. The molecule has 0 aromatic rings. The van der Waals surface area contributed by atoms with Gasteiger partial charge in [-0.05, 0) is 7.05 Å². The van der Waals surface area contributed by atoms with Gasteiger partial charge in [-0.15, -0.1) is 0 Å². The Bertz CT molecular complexity index is 64.1. The van der Waals surface area contributed by atoms with Crippen LogP contribution < -0.4 is 5.90 Å². The first kappa shape index (κ1) is 14.4. The van der Waals surface area contributed by atoms with Crippen LogP contribution in [0.2, 0.25) is 0 Å². The van der Waals surface area contributed by atoms with E-state index in [9.17, 15) is 0 Å². The molecule has 0 aliphatic heterocycles. The number of nitrogens with two attached hydrogens (primary N) is 1. The molecule has 0 aromatic heterocycles. The van der Waals surface area contributed by atoms with Gasteiger partial charge >= 0.3 is 0 Å². The van der Waals surface area contributed by atoms with E-state index >= 15 is 0 Å². The van der Waals surface area contributed by atoms with Crippen molar-refractivity contribution in [3.05, 3.63) is 0 Å². The minimum absolute atomic E-state index is 0.570. The molecule has 76 valence electrons. The first-order valence-corrected chi connectivity index (χ1v) is 4.30. The lowest BCUT2D eigenvalue weighted by Gasteiger charge is -2.14. The van der Waals surface area contributed by atoms with Gasteiger partial charge in [0.05, 0.1) is 13.2 Å². The fraction of sp³-hybridized carbons (Fsp3) is 1.00. The zero-order valence-corrected chi connectivity index (χ0v) is 8.67. The summed E-state index contributed by atoms with van der Waals surface area (Å²) in [6.07, 6.45) is 0. The molecule has 0 saturated heterocycles. The van der Waals surface area contributed by atoms with Crippen molar-refractivity contribution in [2.75, 3.05) is 40.5 Å². The molecule has 0 heterocycles. The second-order valence-electron chi connectivity index (χ2n) is 2.17. The van der Waals surface area contributed by atoms with E-state index in [1.54, 1.807) is 7.11 Å². The van der Waals surface area contributed by atoms with Crippen LogP contribution in [-0.4, -0.2) is 45.4 Å². The second-order valence-corrected chi connectivity index (χ2v) is 2.17. The van der Waals surface area contributed by atoms with Gasteiger partial charge < -0.3 is 14.5 Å². The minimum atomic E-state index is 0.570. The van der Waals surface area contributed by atoms with Crippen LogP contribution in [0.1, 0.15) is 13.8 Å². The van der Waals surface area contributed by atoms with Crippen LogP contribution in [0.25, 0.3) is 0 Å². The summed E-state index contributed by atoms with van der Waals surface area (Å²) in [5.74, 6) is 4.85. The quantitative estimate of drug-likeness (QED) is 0.601. The van der Waals surface area contributed by atoms with E-state index in [4.69, 9.17) is 10.6 Å². The normalized spacial score (nSPS) is 9.50. The Morgan fingerprint density at radius 2 is 1.67 bits per heavy atom. The highest BCUT2D eigenvalue weighted by Gasteiger charge is 1.95. The first-order valence-electron chi connectivity index (χ1n) is 4.30. The van der Waals surface area contributed by atoms with Crippen LogP contribution in [0, 0.1) is 0 Å². The monoisotopic (exact) mass is 178 g/mol. The highest BCUT2D eigenvalue weighted by atomic mass is 16.6. The van der Waals surface area contributed by atoms with Gasteiger partial charge in [-0.3, -0.25) is 0 Å². The Kier molecular flexibility index (Phi) is 16.1. The van der Waals surface area contributed by atoms with Gasteiger partial charge in [0, 0.05) is 20.2 Å². The van der Waals surface area contributed by atoms with E-state index in [1.807, 2.05) is 20.9 Å². The summed E-state index contributed by atoms with van der Waals surface area (Å²) in [4.78, 5) is 6.50. The highest BCUT2D eigenvalue weighted by Crippen LogP contribution is 1.80. The van der Waals surface area contributed by atoms with Gasteiger partial charge in [0.15, 0.2) is 0 Å². The fourth-order valence-electron chi connectivity index (χ4n) is 0.567. The molecule has 0 fully saturated rings. The maximum Gasteiger partial charge on any atom is 0.0806 e. The third-order valence-electron chi connectivity index (χ3n) is 1.27. The molecular weight excluding hydrogens is 156 g/mol. The summed E-state index contributed by atoms with van der Waals surface area (Å²) >= 11 is 0. The first-order chi connectivity index (χ1) is 5.81. The van der Waals surface area contributed by atoms with Crippen LogP contribution in [0.15, 0.2) is 0 Å². The fourth-order valence-corrected chi connectivity index (χ4v) is 0.567. The summed E-state index contributed by atoms with van der Waals surface area (Å²) in [6, 6.07) is 0. The lowest BCUT2D eigenvalue weighted by Crippen LogP contribution is -2.27. The molecule has 0 amide bonds. The van der Waals surface area contributed by atoms with Crippen molar-refractivity contribution in [3.8, 4) is 0 Å². The van der Waals surface area contributed by atoms with E-state index in [0.29, 0.717) is 6.61 Å². The van der Waals surface area contributed by atoms with E-state index in [-0.39, 0.29) is 0 Å². The molecule has 4 heteroatoms. The van der Waals surface area contributed by atoms with E-state index in [0.717, 1.165) is 19.7 Å². The van der Waals surface area contributed by atoms with Gasteiger partial charge in [0.2, 0.25) is 0 Å². The summed E-state index contributed by atoms with van der Waals surface area (Å²) < 4.78 is 4.88. The van der Waals surface area contributed by atoms with Crippen LogP contribution in [0.3, 0.4) is 0 Å². The Balaban J connectivity index is 0. The second kappa shape index (κ2) is 13.4. The minimum Gasteiger partial charge on any atom is -0.383 e. The SMILES string of the molecule is CC.COCCN(C)CCON. The molecule has 0 aliphatic carbocycles. The van der Waals surface area contributed by atoms with Crippen molar-refractivity contribution in [2.45, 2.75) is 13.8 Å². The lowest BCUT2D eigenvalue weighted by atomic mass is 10.5. The number of hydrogen-bond donors (Lipinski definition) is 1. The van der Waals surface area contributed by atoms with E-state index in [2.05, 4.69) is 9.74 Å². The summed E-state index contributed by atoms with van der Waals surface area (Å²) in [6.45, 7) is 7.08. The van der Waals surface area contributed by atoms with Gasteiger partial charge in [0.25, 0.3) is 0 Å². The number of nitrogens with zero attached hydrogens (tertiary/aromatic N) is 1. The van der Waals surface area contributed by atoms with Crippen molar-refractivity contribution in [1.29, 1.82) is 0 Å². The summed E-state index contributed by atoms with van der Waals surface area (Å²) in [5.41, 5.74) is 0. The van der Waals surface area contributed by atoms with Crippen molar-refractivity contribution < 1.29 is 9.57 Å². The topological polar surface area (TPSA) is 47.7 Å². The van der Waals surface area contributed by atoms with Gasteiger partial charge in [0.1, 0.15) is 0 Å². The molecule has 0 aromatic carbocycles. The van der Waals surface area contributed by atoms with E-state index < -0.39 is 0 Å². The third kappa shape index (κ3) is 12.5. The number of ether oxygens (including phenoxy) is 1. The standard InChI is InChI=1S/C6H16N2O2.C2H6/c1-8(3-5-9-2)4-6-10-7;1-2/h3-7H2,1-2H3;1-2H3. The van der Waals surface area contributed by atoms with Gasteiger partial charge in [-0.1, -0.05) is 13.8 Å². The molecule has 0 rings (SSSR count). The lowest BCUT2D eigenvalue weighted by molar-refractivity contribution is 0.0997. The summed E-state index contributed by atoms with van der Waals surface area (Å²) in [7, 11) is 3.69. The zero-order valence-electron chi connectivity index (χ0n) is 8.67. The highest BCUT2D eigenvalue weighted by molar-refractivity contribution is 4.47. The van der Waals surface area contributed by atoms with Gasteiger partial charge in [-0.25, -0.2) is 5.90 Å². The molecule has 0 bridgehead atoms. The average Bonchev–Trinajstić information content (AvgIpc) is 2.14. The molecule has 12 heavy (non-hydrogen) atoms. The number of hydrogen-bond acceptors (Lipinski definition) is 4. The Hall–Kier alpha value is -0.160. The zero-order chi connectivity index (χ0) is 9.82. The predicted octanol–water partition coefficient (Wildman–Crippen LogP) is 0.481. The Morgan fingerprint density at radius 3 is 2.08 bits per heavy atom.